The van der Waals surface area contributed by atoms with E-state index in [0.29, 0.717) is 6.04 Å². The summed E-state index contributed by atoms with van der Waals surface area (Å²) in [6.07, 6.45) is 5.21. The van der Waals surface area contributed by atoms with Crippen molar-refractivity contribution in [3.8, 4) is 0 Å². The minimum Gasteiger partial charge on any atom is -0.367 e. The SMILES string of the molecule is CCNc1nc(NC(CC)CC2CC2)c2ccsc2n1. The molecule has 1 aliphatic carbocycles. The van der Waals surface area contributed by atoms with Gasteiger partial charge in [-0.15, -0.1) is 11.3 Å². The first kappa shape index (κ1) is 13.6. The first-order chi connectivity index (χ1) is 9.80. The largest absolute Gasteiger partial charge is 0.367 e. The molecule has 1 saturated carbocycles. The topological polar surface area (TPSA) is 49.8 Å². The molecule has 0 aliphatic heterocycles. The second kappa shape index (κ2) is 5.95. The van der Waals surface area contributed by atoms with Crippen LogP contribution in [0.5, 0.6) is 0 Å². The lowest BCUT2D eigenvalue weighted by Gasteiger charge is -2.18. The van der Waals surface area contributed by atoms with E-state index in [1.54, 1.807) is 11.3 Å². The van der Waals surface area contributed by atoms with Gasteiger partial charge in [-0.3, -0.25) is 0 Å². The number of fused-ring (bicyclic) bond motifs is 1. The molecule has 108 valence electrons. The van der Waals surface area contributed by atoms with Crippen molar-refractivity contribution in [2.45, 2.75) is 45.6 Å². The molecule has 1 fully saturated rings. The molecule has 2 aromatic rings. The van der Waals surface area contributed by atoms with Crippen LogP contribution in [-0.4, -0.2) is 22.6 Å². The van der Waals surface area contributed by atoms with Crippen LogP contribution in [0.25, 0.3) is 10.2 Å². The Hall–Kier alpha value is -1.36. The van der Waals surface area contributed by atoms with Gasteiger partial charge in [-0.2, -0.15) is 4.98 Å². The van der Waals surface area contributed by atoms with Crippen LogP contribution >= 0.6 is 11.3 Å². The zero-order valence-electron chi connectivity index (χ0n) is 12.1. The smallest absolute Gasteiger partial charge is 0.226 e. The number of rotatable bonds is 7. The molecule has 1 unspecified atom stereocenters. The average Bonchev–Trinajstić information content (AvgIpc) is 3.13. The fourth-order valence-electron chi connectivity index (χ4n) is 2.48. The maximum Gasteiger partial charge on any atom is 0.226 e. The highest BCUT2D eigenvalue weighted by Gasteiger charge is 2.25. The van der Waals surface area contributed by atoms with Gasteiger partial charge in [0, 0.05) is 12.6 Å². The molecule has 0 amide bonds. The third-order valence-electron chi connectivity index (χ3n) is 3.81. The van der Waals surface area contributed by atoms with Crippen molar-refractivity contribution >= 4 is 33.3 Å². The van der Waals surface area contributed by atoms with Crippen LogP contribution in [0.1, 0.15) is 39.5 Å². The Morgan fingerprint density at radius 2 is 2.20 bits per heavy atom. The van der Waals surface area contributed by atoms with E-state index < -0.39 is 0 Å². The lowest BCUT2D eigenvalue weighted by Crippen LogP contribution is -2.20. The van der Waals surface area contributed by atoms with Crippen molar-refractivity contribution in [2.24, 2.45) is 5.92 Å². The molecule has 2 aromatic heterocycles. The molecule has 3 rings (SSSR count). The second-order valence-electron chi connectivity index (χ2n) is 5.49. The van der Waals surface area contributed by atoms with Crippen LogP contribution in [-0.2, 0) is 0 Å². The molecule has 20 heavy (non-hydrogen) atoms. The molecule has 2 heterocycles. The van der Waals surface area contributed by atoms with E-state index in [4.69, 9.17) is 0 Å². The van der Waals surface area contributed by atoms with Crippen molar-refractivity contribution in [3.63, 3.8) is 0 Å². The first-order valence-electron chi connectivity index (χ1n) is 7.55. The van der Waals surface area contributed by atoms with Crippen molar-refractivity contribution in [3.05, 3.63) is 11.4 Å². The molecule has 0 radical (unpaired) electrons. The Bertz CT molecular complexity index is 576. The quantitative estimate of drug-likeness (QED) is 0.805. The molecule has 1 atom stereocenters. The molecule has 2 N–H and O–H groups in total. The average molecular weight is 290 g/mol. The van der Waals surface area contributed by atoms with E-state index in [1.165, 1.54) is 19.3 Å². The van der Waals surface area contributed by atoms with E-state index in [9.17, 15) is 0 Å². The summed E-state index contributed by atoms with van der Waals surface area (Å²) >= 11 is 1.67. The van der Waals surface area contributed by atoms with Gasteiger partial charge in [-0.25, -0.2) is 4.98 Å². The first-order valence-corrected chi connectivity index (χ1v) is 8.43. The summed E-state index contributed by atoms with van der Waals surface area (Å²) in [7, 11) is 0. The van der Waals surface area contributed by atoms with Gasteiger partial charge < -0.3 is 10.6 Å². The van der Waals surface area contributed by atoms with Gasteiger partial charge in [0.25, 0.3) is 0 Å². The van der Waals surface area contributed by atoms with Gasteiger partial charge in [0.15, 0.2) is 0 Å². The van der Waals surface area contributed by atoms with Crippen LogP contribution in [0.4, 0.5) is 11.8 Å². The van der Waals surface area contributed by atoms with Gasteiger partial charge in [0.1, 0.15) is 10.6 Å². The Kier molecular flexibility index (Phi) is 4.05. The molecule has 4 nitrogen and oxygen atoms in total. The molecule has 0 spiro atoms. The zero-order chi connectivity index (χ0) is 13.9. The third kappa shape index (κ3) is 3.03. The number of nitrogens with zero attached hydrogens (tertiary/aromatic N) is 2. The predicted octanol–water partition coefficient (Wildman–Crippen LogP) is 4.11. The normalized spacial score (nSPS) is 16.3. The molecule has 0 bridgehead atoms. The molecule has 0 aromatic carbocycles. The van der Waals surface area contributed by atoms with E-state index in [2.05, 4.69) is 45.9 Å². The van der Waals surface area contributed by atoms with Crippen LogP contribution < -0.4 is 10.6 Å². The van der Waals surface area contributed by atoms with E-state index >= 15 is 0 Å². The highest BCUT2D eigenvalue weighted by atomic mass is 32.1. The maximum atomic E-state index is 4.65. The molecule has 5 heteroatoms. The number of nitrogens with one attached hydrogen (secondary N) is 2. The summed E-state index contributed by atoms with van der Waals surface area (Å²) in [5, 5.41) is 10.1. The van der Waals surface area contributed by atoms with Gasteiger partial charge in [0.05, 0.1) is 5.39 Å². The van der Waals surface area contributed by atoms with Gasteiger partial charge in [0.2, 0.25) is 5.95 Å². The van der Waals surface area contributed by atoms with E-state index in [0.717, 1.165) is 40.9 Å². The number of thiophene rings is 1. The minimum absolute atomic E-state index is 0.523. The van der Waals surface area contributed by atoms with E-state index in [-0.39, 0.29) is 0 Å². The molecule has 1 aliphatic rings. The van der Waals surface area contributed by atoms with Crippen LogP contribution in [0.15, 0.2) is 11.4 Å². The standard InChI is InChI=1S/C15H22N4S/c1-3-11(9-10-5-6-10)17-13-12-7-8-20-14(12)19-15(18-13)16-4-2/h7-8,10-11H,3-6,9H2,1-2H3,(H2,16,17,18,19). The van der Waals surface area contributed by atoms with Crippen molar-refractivity contribution in [2.75, 3.05) is 17.2 Å². The van der Waals surface area contributed by atoms with Crippen LogP contribution in [0.2, 0.25) is 0 Å². The highest BCUT2D eigenvalue weighted by Crippen LogP contribution is 2.35. The summed E-state index contributed by atoms with van der Waals surface area (Å²) < 4.78 is 0. The van der Waals surface area contributed by atoms with Crippen molar-refractivity contribution < 1.29 is 0 Å². The maximum absolute atomic E-state index is 4.65. The number of hydrogen-bond acceptors (Lipinski definition) is 5. The Morgan fingerprint density at radius 3 is 2.90 bits per heavy atom. The fourth-order valence-corrected chi connectivity index (χ4v) is 3.24. The summed E-state index contributed by atoms with van der Waals surface area (Å²) in [5.74, 6) is 2.64. The van der Waals surface area contributed by atoms with Crippen molar-refractivity contribution in [1.82, 2.24) is 9.97 Å². The Balaban J connectivity index is 1.85. The number of aromatic nitrogens is 2. The summed E-state index contributed by atoms with van der Waals surface area (Å²) in [6, 6.07) is 2.64. The summed E-state index contributed by atoms with van der Waals surface area (Å²) in [4.78, 5) is 10.3. The van der Waals surface area contributed by atoms with Crippen LogP contribution in [0, 0.1) is 5.92 Å². The number of anilines is 2. The summed E-state index contributed by atoms with van der Waals surface area (Å²) in [5.41, 5.74) is 0. The fraction of sp³-hybridized carbons (Fsp3) is 0.600. The Labute approximate surface area is 124 Å². The van der Waals surface area contributed by atoms with Gasteiger partial charge in [-0.1, -0.05) is 19.8 Å². The summed E-state index contributed by atoms with van der Waals surface area (Å²) in [6.45, 7) is 5.16. The van der Waals surface area contributed by atoms with Gasteiger partial charge >= 0.3 is 0 Å². The third-order valence-corrected chi connectivity index (χ3v) is 4.61. The molecular formula is C15H22N4S. The lowest BCUT2D eigenvalue weighted by atomic mass is 10.1. The minimum atomic E-state index is 0.523. The second-order valence-corrected chi connectivity index (χ2v) is 6.39. The van der Waals surface area contributed by atoms with Gasteiger partial charge in [-0.05, 0) is 37.1 Å². The molecule has 0 saturated heterocycles. The highest BCUT2D eigenvalue weighted by molar-refractivity contribution is 7.16. The predicted molar refractivity (Wildman–Crippen MR) is 86.6 cm³/mol. The van der Waals surface area contributed by atoms with Crippen molar-refractivity contribution in [1.29, 1.82) is 0 Å². The van der Waals surface area contributed by atoms with Crippen LogP contribution in [0.3, 0.4) is 0 Å². The van der Waals surface area contributed by atoms with E-state index in [1.807, 2.05) is 0 Å². The zero-order valence-corrected chi connectivity index (χ0v) is 13.0. The number of hydrogen-bond donors (Lipinski definition) is 2. The Morgan fingerprint density at radius 1 is 1.35 bits per heavy atom. The lowest BCUT2D eigenvalue weighted by molar-refractivity contribution is 0.586. The molecular weight excluding hydrogens is 268 g/mol. The monoisotopic (exact) mass is 290 g/mol.